The van der Waals surface area contributed by atoms with Gasteiger partial charge in [-0.3, -0.25) is 15.2 Å². The van der Waals surface area contributed by atoms with Crippen molar-refractivity contribution in [3.8, 4) is 5.75 Å². The summed E-state index contributed by atoms with van der Waals surface area (Å²) in [5, 5.41) is 13.2. The molecule has 1 aromatic heterocycles. The molecular weight excluding hydrogens is 330 g/mol. The maximum absolute atomic E-state index is 12.5. The van der Waals surface area contributed by atoms with Gasteiger partial charge in [-0.1, -0.05) is 19.9 Å². The number of aromatic amines is 1. The Bertz CT molecular complexity index is 726. The molecule has 3 rings (SSSR count). The third-order valence-electron chi connectivity index (χ3n) is 4.75. The zero-order chi connectivity index (χ0) is 18.4. The van der Waals surface area contributed by atoms with E-state index in [1.807, 2.05) is 24.3 Å². The number of rotatable bonds is 8. The van der Waals surface area contributed by atoms with E-state index in [0.717, 1.165) is 42.3 Å². The number of hydrogen-bond acceptors (Lipinski definition) is 5. The molecule has 7 nitrogen and oxygen atoms in total. The number of fused-ring (bicyclic) bond motifs is 1. The molecule has 7 heteroatoms. The molecule has 1 aliphatic rings. The van der Waals surface area contributed by atoms with Gasteiger partial charge in [0, 0.05) is 31.3 Å². The number of anilines is 1. The second-order valence-electron chi connectivity index (χ2n) is 6.40. The maximum Gasteiger partial charge on any atom is 0.241 e. The third-order valence-corrected chi connectivity index (χ3v) is 4.75. The first-order valence-corrected chi connectivity index (χ1v) is 9.20. The van der Waals surface area contributed by atoms with Gasteiger partial charge >= 0.3 is 0 Å². The van der Waals surface area contributed by atoms with Crippen LogP contribution >= 0.6 is 0 Å². The quantitative estimate of drug-likeness (QED) is 0.671. The van der Waals surface area contributed by atoms with E-state index in [-0.39, 0.29) is 11.9 Å². The Balaban J connectivity index is 1.52. The largest absolute Gasteiger partial charge is 0.492 e. The van der Waals surface area contributed by atoms with Crippen LogP contribution in [0.3, 0.4) is 0 Å². The molecule has 140 valence electrons. The number of benzene rings is 1. The fraction of sp³-hybridized carbons (Fsp3) is 0.474. The Morgan fingerprint density at radius 2 is 2.23 bits per heavy atom. The number of ether oxygens (including phenoxy) is 1. The summed E-state index contributed by atoms with van der Waals surface area (Å²) in [6.07, 6.45) is 2.43. The zero-order valence-corrected chi connectivity index (χ0v) is 15.4. The zero-order valence-electron chi connectivity index (χ0n) is 15.4. The third kappa shape index (κ3) is 4.62. The number of carbonyl (C=O) groups excluding carboxylic acids is 1. The molecule has 3 N–H and O–H groups in total. The summed E-state index contributed by atoms with van der Waals surface area (Å²) >= 11 is 0. The van der Waals surface area contributed by atoms with E-state index in [1.165, 1.54) is 0 Å². The number of nitrogens with zero attached hydrogens (tertiary/aromatic N) is 2. The summed E-state index contributed by atoms with van der Waals surface area (Å²) in [5.74, 6) is 0.723. The number of carbonyl (C=O) groups is 1. The number of H-pyrrole nitrogens is 1. The highest BCUT2D eigenvalue weighted by Gasteiger charge is 2.25. The van der Waals surface area contributed by atoms with Gasteiger partial charge in [0.15, 0.2) is 0 Å². The van der Waals surface area contributed by atoms with Crippen molar-refractivity contribution < 1.29 is 9.53 Å². The second-order valence-corrected chi connectivity index (χ2v) is 6.40. The van der Waals surface area contributed by atoms with Gasteiger partial charge in [0.1, 0.15) is 12.4 Å². The van der Waals surface area contributed by atoms with E-state index >= 15 is 0 Å². The standard InChI is InChI=1S/C19H27N5O2/c1-3-24(4-2)8-9-26-16-7-5-6-15(11-16)22-19(25)17-10-14-12-21-23-18(14)13-20-17/h5-7,11-12,17,20H,3-4,8-10,13H2,1-2H3,(H,21,23)(H,22,25). The highest BCUT2D eigenvalue weighted by Crippen LogP contribution is 2.19. The summed E-state index contributed by atoms with van der Waals surface area (Å²) in [7, 11) is 0. The smallest absolute Gasteiger partial charge is 0.241 e. The van der Waals surface area contributed by atoms with Gasteiger partial charge in [-0.05, 0) is 30.8 Å². The van der Waals surface area contributed by atoms with Gasteiger partial charge in [0.2, 0.25) is 5.91 Å². The number of aromatic nitrogens is 2. The lowest BCUT2D eigenvalue weighted by Gasteiger charge is -2.22. The monoisotopic (exact) mass is 357 g/mol. The average Bonchev–Trinajstić information content (AvgIpc) is 3.13. The fourth-order valence-electron chi connectivity index (χ4n) is 3.09. The van der Waals surface area contributed by atoms with Gasteiger partial charge in [-0.2, -0.15) is 5.10 Å². The second kappa shape index (κ2) is 8.82. The molecule has 2 heterocycles. The van der Waals surface area contributed by atoms with Gasteiger partial charge in [-0.15, -0.1) is 0 Å². The van der Waals surface area contributed by atoms with Crippen molar-refractivity contribution in [1.29, 1.82) is 0 Å². The molecule has 0 aliphatic carbocycles. The lowest BCUT2D eigenvalue weighted by atomic mass is 10.0. The van der Waals surface area contributed by atoms with Crippen molar-refractivity contribution in [3.63, 3.8) is 0 Å². The predicted octanol–water partition coefficient (Wildman–Crippen LogP) is 1.78. The molecule has 1 amide bonds. The van der Waals surface area contributed by atoms with Gasteiger partial charge < -0.3 is 15.0 Å². The van der Waals surface area contributed by atoms with Crippen molar-refractivity contribution in [2.45, 2.75) is 32.9 Å². The van der Waals surface area contributed by atoms with Gasteiger partial charge in [-0.25, -0.2) is 0 Å². The molecular formula is C19H27N5O2. The first-order chi connectivity index (χ1) is 12.7. The van der Waals surface area contributed by atoms with E-state index in [0.29, 0.717) is 19.6 Å². The minimum Gasteiger partial charge on any atom is -0.492 e. The van der Waals surface area contributed by atoms with E-state index in [1.54, 1.807) is 6.20 Å². The Labute approximate surface area is 154 Å². The minimum atomic E-state index is -0.257. The van der Waals surface area contributed by atoms with Crippen molar-refractivity contribution in [3.05, 3.63) is 41.7 Å². The maximum atomic E-state index is 12.5. The summed E-state index contributed by atoms with van der Waals surface area (Å²) in [6, 6.07) is 7.29. The molecule has 0 spiro atoms. The van der Waals surface area contributed by atoms with Crippen LogP contribution in [0.5, 0.6) is 5.75 Å². The molecule has 1 aliphatic heterocycles. The molecule has 0 saturated carbocycles. The predicted molar refractivity (Wildman–Crippen MR) is 101 cm³/mol. The molecule has 1 unspecified atom stereocenters. The lowest BCUT2D eigenvalue weighted by molar-refractivity contribution is -0.118. The van der Waals surface area contributed by atoms with Crippen LogP contribution in [0.4, 0.5) is 5.69 Å². The number of likely N-dealkylation sites (N-methyl/N-ethyl adjacent to an activating group) is 1. The Morgan fingerprint density at radius 3 is 3.04 bits per heavy atom. The van der Waals surface area contributed by atoms with Crippen LogP contribution in [0.2, 0.25) is 0 Å². The normalized spacial score (nSPS) is 16.3. The van der Waals surface area contributed by atoms with Crippen LogP contribution in [0.1, 0.15) is 25.1 Å². The number of nitrogens with one attached hydrogen (secondary N) is 3. The summed E-state index contributed by atoms with van der Waals surface area (Å²) < 4.78 is 5.82. The molecule has 0 radical (unpaired) electrons. The van der Waals surface area contributed by atoms with Crippen LogP contribution < -0.4 is 15.4 Å². The lowest BCUT2D eigenvalue weighted by Crippen LogP contribution is -2.44. The molecule has 0 saturated heterocycles. The van der Waals surface area contributed by atoms with Crippen molar-refractivity contribution in [2.24, 2.45) is 0 Å². The Morgan fingerprint density at radius 1 is 1.38 bits per heavy atom. The Hall–Kier alpha value is -2.38. The van der Waals surface area contributed by atoms with Gasteiger partial charge in [0.05, 0.1) is 17.9 Å². The van der Waals surface area contributed by atoms with Crippen LogP contribution in [0.15, 0.2) is 30.5 Å². The Kier molecular flexibility index (Phi) is 6.25. The number of amides is 1. The van der Waals surface area contributed by atoms with E-state index < -0.39 is 0 Å². The van der Waals surface area contributed by atoms with Crippen molar-refractivity contribution in [2.75, 3.05) is 31.6 Å². The van der Waals surface area contributed by atoms with Crippen LogP contribution in [0, 0.1) is 0 Å². The molecule has 1 aromatic carbocycles. The summed E-state index contributed by atoms with van der Waals surface area (Å²) in [4.78, 5) is 14.8. The molecule has 2 aromatic rings. The summed E-state index contributed by atoms with van der Waals surface area (Å²) in [6.45, 7) is 8.47. The summed E-state index contributed by atoms with van der Waals surface area (Å²) in [5.41, 5.74) is 2.89. The minimum absolute atomic E-state index is 0.0443. The van der Waals surface area contributed by atoms with E-state index in [2.05, 4.69) is 39.6 Å². The van der Waals surface area contributed by atoms with E-state index in [9.17, 15) is 4.79 Å². The van der Waals surface area contributed by atoms with Crippen LogP contribution in [0.25, 0.3) is 0 Å². The van der Waals surface area contributed by atoms with Crippen molar-refractivity contribution in [1.82, 2.24) is 20.4 Å². The SMILES string of the molecule is CCN(CC)CCOc1cccc(NC(=O)C2Cc3cn[nH]c3CN2)c1. The van der Waals surface area contributed by atoms with Crippen molar-refractivity contribution >= 4 is 11.6 Å². The molecule has 0 fully saturated rings. The first-order valence-electron chi connectivity index (χ1n) is 9.20. The molecule has 1 atom stereocenters. The van der Waals surface area contributed by atoms with Crippen LogP contribution in [-0.2, 0) is 17.8 Å². The van der Waals surface area contributed by atoms with Gasteiger partial charge in [0.25, 0.3) is 0 Å². The van der Waals surface area contributed by atoms with Crippen LogP contribution in [-0.4, -0.2) is 53.3 Å². The highest BCUT2D eigenvalue weighted by molar-refractivity contribution is 5.95. The fourth-order valence-corrected chi connectivity index (χ4v) is 3.09. The number of hydrogen-bond donors (Lipinski definition) is 3. The first kappa shape index (κ1) is 18.4. The highest BCUT2D eigenvalue weighted by atomic mass is 16.5. The molecule has 0 bridgehead atoms. The molecule has 26 heavy (non-hydrogen) atoms. The van der Waals surface area contributed by atoms with E-state index in [4.69, 9.17) is 4.74 Å². The topological polar surface area (TPSA) is 82.3 Å². The average molecular weight is 357 g/mol.